The second-order valence-corrected chi connectivity index (χ2v) is 15.1. The van der Waals surface area contributed by atoms with Crippen molar-refractivity contribution in [3.8, 4) is 5.75 Å². The normalized spacial score (nSPS) is 14.9. The Morgan fingerprint density at radius 1 is 1.07 bits per heavy atom. The van der Waals surface area contributed by atoms with Crippen LogP contribution in [0.3, 0.4) is 0 Å². The molecular formula is C25H36N2O2Si. The highest BCUT2D eigenvalue weighted by molar-refractivity contribution is 6.74. The average Bonchev–Trinajstić information content (AvgIpc) is 3.06. The third-order valence-electron chi connectivity index (χ3n) is 6.68. The number of aryl methyl sites for hydroxylation is 2. The minimum Gasteiger partial charge on any atom is -0.543 e. The van der Waals surface area contributed by atoms with Gasteiger partial charge in [-0.1, -0.05) is 46.8 Å². The van der Waals surface area contributed by atoms with Crippen molar-refractivity contribution in [2.45, 2.75) is 65.3 Å². The van der Waals surface area contributed by atoms with E-state index in [1.165, 1.54) is 0 Å². The van der Waals surface area contributed by atoms with E-state index >= 15 is 0 Å². The molecule has 30 heavy (non-hydrogen) atoms. The molecule has 0 radical (unpaired) electrons. The summed E-state index contributed by atoms with van der Waals surface area (Å²) in [5.74, 6) is 0.942. The lowest BCUT2D eigenvalue weighted by Gasteiger charge is -2.37. The standard InChI is InChI=1S/C25H36N2O2Si/c1-17(2)25(28,23-15-27(7)16-26-23)21-11-10-19-14-22(18(3)12-20(19)13-21)29-30(8,9)24(4,5)6/h10-17,28H,1-9H3. The van der Waals surface area contributed by atoms with E-state index in [0.717, 1.165) is 27.6 Å². The fourth-order valence-electron chi connectivity index (χ4n) is 3.55. The van der Waals surface area contributed by atoms with Crippen LogP contribution in [-0.4, -0.2) is 23.0 Å². The van der Waals surface area contributed by atoms with Gasteiger partial charge < -0.3 is 14.1 Å². The quantitative estimate of drug-likeness (QED) is 0.499. The summed E-state index contributed by atoms with van der Waals surface area (Å²) in [6.45, 7) is 17.5. The van der Waals surface area contributed by atoms with Crippen LogP contribution in [0.1, 0.15) is 51.4 Å². The van der Waals surface area contributed by atoms with Gasteiger partial charge in [0.05, 0.1) is 12.0 Å². The number of benzene rings is 2. The van der Waals surface area contributed by atoms with Crippen LogP contribution in [0.25, 0.3) is 10.8 Å². The van der Waals surface area contributed by atoms with Crippen LogP contribution < -0.4 is 4.43 Å². The van der Waals surface area contributed by atoms with Gasteiger partial charge in [-0.3, -0.25) is 0 Å². The maximum Gasteiger partial charge on any atom is 0.250 e. The first-order chi connectivity index (χ1) is 13.8. The van der Waals surface area contributed by atoms with Gasteiger partial charge in [-0.05, 0) is 71.1 Å². The van der Waals surface area contributed by atoms with E-state index in [1.807, 2.05) is 37.7 Å². The smallest absolute Gasteiger partial charge is 0.250 e. The number of aliphatic hydroxyl groups is 1. The van der Waals surface area contributed by atoms with Gasteiger partial charge in [-0.2, -0.15) is 0 Å². The van der Waals surface area contributed by atoms with Gasteiger partial charge in [0.15, 0.2) is 0 Å². The first kappa shape index (κ1) is 22.6. The fraction of sp³-hybridized carbons (Fsp3) is 0.480. The van der Waals surface area contributed by atoms with E-state index in [2.05, 4.69) is 70.0 Å². The van der Waals surface area contributed by atoms with Crippen LogP contribution in [-0.2, 0) is 12.6 Å². The third-order valence-corrected chi connectivity index (χ3v) is 11.0. The molecule has 5 heteroatoms. The van der Waals surface area contributed by atoms with Crippen LogP contribution in [0.2, 0.25) is 18.1 Å². The zero-order chi connectivity index (χ0) is 22.5. The fourth-order valence-corrected chi connectivity index (χ4v) is 4.63. The van der Waals surface area contributed by atoms with Crippen LogP contribution in [0.5, 0.6) is 5.75 Å². The Hall–Kier alpha value is -2.11. The Bertz CT molecular complexity index is 1060. The maximum atomic E-state index is 11.7. The minimum atomic E-state index is -1.91. The van der Waals surface area contributed by atoms with Gasteiger partial charge in [0.25, 0.3) is 0 Å². The Balaban J connectivity index is 2.07. The molecule has 0 amide bonds. The number of hydrogen-bond acceptors (Lipinski definition) is 3. The summed E-state index contributed by atoms with van der Waals surface area (Å²) in [7, 11) is 0.00897. The third kappa shape index (κ3) is 3.93. The van der Waals surface area contributed by atoms with Crippen LogP contribution in [0.15, 0.2) is 42.9 Å². The SMILES string of the molecule is Cc1cc2cc(C(O)(c3cn(C)cn3)C(C)C)ccc2cc1O[Si](C)(C)C(C)(C)C. The second kappa shape index (κ2) is 7.54. The average molecular weight is 425 g/mol. The summed E-state index contributed by atoms with van der Waals surface area (Å²) >= 11 is 0. The zero-order valence-corrected chi connectivity index (χ0v) is 20.9. The first-order valence-electron chi connectivity index (χ1n) is 10.7. The van der Waals surface area contributed by atoms with Gasteiger partial charge in [0.1, 0.15) is 11.4 Å². The van der Waals surface area contributed by atoms with E-state index in [4.69, 9.17) is 4.43 Å². The number of aromatic nitrogens is 2. The molecule has 1 heterocycles. The number of fused-ring (bicyclic) bond motifs is 1. The molecule has 0 spiro atoms. The van der Waals surface area contributed by atoms with Crippen molar-refractivity contribution in [3.63, 3.8) is 0 Å². The molecule has 0 aliphatic heterocycles. The Morgan fingerprint density at radius 3 is 2.27 bits per heavy atom. The van der Waals surface area contributed by atoms with Crippen molar-refractivity contribution in [1.29, 1.82) is 0 Å². The molecule has 2 aromatic carbocycles. The summed E-state index contributed by atoms with van der Waals surface area (Å²) in [5.41, 5.74) is 1.52. The number of rotatable bonds is 5. The predicted octanol–water partition coefficient (Wildman–Crippen LogP) is 6.16. The predicted molar refractivity (Wildman–Crippen MR) is 128 cm³/mol. The summed E-state index contributed by atoms with van der Waals surface area (Å²) in [4.78, 5) is 4.46. The zero-order valence-electron chi connectivity index (χ0n) is 19.9. The van der Waals surface area contributed by atoms with E-state index in [9.17, 15) is 5.11 Å². The van der Waals surface area contributed by atoms with Gasteiger partial charge >= 0.3 is 0 Å². The van der Waals surface area contributed by atoms with Crippen molar-refractivity contribution in [2.24, 2.45) is 13.0 Å². The molecule has 1 aromatic heterocycles. The molecular weight excluding hydrogens is 388 g/mol. The molecule has 3 rings (SSSR count). The lowest BCUT2D eigenvalue weighted by Crippen LogP contribution is -2.44. The number of nitrogens with zero attached hydrogens (tertiary/aromatic N) is 2. The first-order valence-corrected chi connectivity index (χ1v) is 13.6. The highest BCUT2D eigenvalue weighted by atomic mass is 28.4. The molecule has 0 fully saturated rings. The molecule has 1 atom stereocenters. The van der Waals surface area contributed by atoms with E-state index < -0.39 is 13.9 Å². The molecule has 1 N–H and O–H groups in total. The molecule has 0 saturated carbocycles. The van der Waals surface area contributed by atoms with Gasteiger partial charge in [0, 0.05) is 13.2 Å². The Morgan fingerprint density at radius 2 is 1.73 bits per heavy atom. The number of imidazole rings is 1. The van der Waals surface area contributed by atoms with Crippen molar-refractivity contribution < 1.29 is 9.53 Å². The Kier molecular flexibility index (Phi) is 5.67. The number of hydrogen-bond donors (Lipinski definition) is 1. The van der Waals surface area contributed by atoms with E-state index in [0.29, 0.717) is 5.69 Å². The van der Waals surface area contributed by atoms with Crippen LogP contribution in [0.4, 0.5) is 0 Å². The van der Waals surface area contributed by atoms with Crippen molar-refractivity contribution in [3.05, 3.63) is 59.7 Å². The molecule has 162 valence electrons. The van der Waals surface area contributed by atoms with Crippen LogP contribution >= 0.6 is 0 Å². The molecule has 1 unspecified atom stereocenters. The lowest BCUT2D eigenvalue weighted by molar-refractivity contribution is 0.0280. The van der Waals surface area contributed by atoms with Gasteiger partial charge in [0.2, 0.25) is 8.32 Å². The molecule has 0 aliphatic carbocycles. The molecule has 0 aliphatic rings. The maximum absolute atomic E-state index is 11.7. The summed E-state index contributed by atoms with van der Waals surface area (Å²) in [6, 6.07) is 10.5. The van der Waals surface area contributed by atoms with Gasteiger partial charge in [-0.25, -0.2) is 4.98 Å². The van der Waals surface area contributed by atoms with Crippen molar-refractivity contribution in [1.82, 2.24) is 9.55 Å². The van der Waals surface area contributed by atoms with Crippen LogP contribution in [0, 0.1) is 12.8 Å². The highest BCUT2D eigenvalue weighted by Gasteiger charge is 2.40. The monoisotopic (exact) mass is 424 g/mol. The second-order valence-electron chi connectivity index (χ2n) is 10.4. The van der Waals surface area contributed by atoms with Crippen molar-refractivity contribution >= 4 is 19.1 Å². The molecule has 0 bridgehead atoms. The van der Waals surface area contributed by atoms with E-state index in [-0.39, 0.29) is 11.0 Å². The van der Waals surface area contributed by atoms with E-state index in [1.54, 1.807) is 6.33 Å². The molecule has 3 aromatic rings. The topological polar surface area (TPSA) is 47.3 Å². The van der Waals surface area contributed by atoms with Gasteiger partial charge in [-0.15, -0.1) is 0 Å². The lowest BCUT2D eigenvalue weighted by atomic mass is 9.80. The Labute approximate surface area is 182 Å². The summed E-state index contributed by atoms with van der Waals surface area (Å²) in [6.07, 6.45) is 3.63. The minimum absolute atomic E-state index is 0.0212. The largest absolute Gasteiger partial charge is 0.543 e. The highest BCUT2D eigenvalue weighted by Crippen LogP contribution is 2.40. The molecule has 0 saturated heterocycles. The summed E-state index contributed by atoms with van der Waals surface area (Å²) in [5, 5.41) is 14.0. The summed E-state index contributed by atoms with van der Waals surface area (Å²) < 4.78 is 8.46. The van der Waals surface area contributed by atoms with Crippen molar-refractivity contribution in [2.75, 3.05) is 0 Å². The molecule has 4 nitrogen and oxygen atoms in total.